The van der Waals surface area contributed by atoms with E-state index in [-0.39, 0.29) is 6.61 Å². The summed E-state index contributed by atoms with van der Waals surface area (Å²) in [6.07, 6.45) is 0. The van der Waals surface area contributed by atoms with Gasteiger partial charge >= 0.3 is 0 Å². The number of nitrogens with one attached hydrogen (secondary N) is 2. The highest BCUT2D eigenvalue weighted by atomic mass is 16.5. The third-order valence-corrected chi connectivity index (χ3v) is 4.18. The molecule has 30 heavy (non-hydrogen) atoms. The molecule has 0 saturated carbocycles. The molecule has 0 atom stereocenters. The van der Waals surface area contributed by atoms with Crippen molar-refractivity contribution in [2.45, 2.75) is 20.0 Å². The third-order valence-electron chi connectivity index (χ3n) is 4.18. The van der Waals surface area contributed by atoms with Crippen LogP contribution in [-0.2, 0) is 22.6 Å². The molecule has 0 saturated heterocycles. The lowest BCUT2D eigenvalue weighted by atomic mass is 10.1. The van der Waals surface area contributed by atoms with E-state index in [1.165, 1.54) is 0 Å². The average molecular weight is 415 g/mol. The number of amides is 1. The molecule has 2 aromatic carbocycles. The normalized spacial score (nSPS) is 11.1. The van der Waals surface area contributed by atoms with Gasteiger partial charge in [-0.15, -0.1) is 0 Å². The summed E-state index contributed by atoms with van der Waals surface area (Å²) in [5.41, 5.74) is 8.26. The number of hydrogen-bond donors (Lipinski definition) is 3. The minimum Gasteiger partial charge on any atom is -0.491 e. The lowest BCUT2D eigenvalue weighted by Crippen LogP contribution is -2.36. The van der Waals surface area contributed by atoms with E-state index < -0.39 is 5.91 Å². The predicted octanol–water partition coefficient (Wildman–Crippen LogP) is 1.75. The first-order valence-corrected chi connectivity index (χ1v) is 9.67. The number of ether oxygens (including phenoxy) is 3. The van der Waals surface area contributed by atoms with Crippen LogP contribution in [0, 0.1) is 6.92 Å². The van der Waals surface area contributed by atoms with Crippen LogP contribution in [0.3, 0.4) is 0 Å². The summed E-state index contributed by atoms with van der Waals surface area (Å²) >= 11 is 0. The van der Waals surface area contributed by atoms with Gasteiger partial charge in [0.2, 0.25) is 0 Å². The molecule has 0 radical (unpaired) electrons. The van der Waals surface area contributed by atoms with Crippen LogP contribution < -0.4 is 25.8 Å². The van der Waals surface area contributed by atoms with Gasteiger partial charge in [-0.25, -0.2) is 0 Å². The molecule has 0 aromatic heterocycles. The van der Waals surface area contributed by atoms with Crippen LogP contribution in [0.5, 0.6) is 11.5 Å². The van der Waals surface area contributed by atoms with Crippen molar-refractivity contribution in [2.75, 3.05) is 34.0 Å². The minimum atomic E-state index is -0.509. The fourth-order valence-electron chi connectivity index (χ4n) is 2.66. The molecule has 2 rings (SSSR count). The number of carbonyl (C=O) groups excluding carboxylic acids is 1. The van der Waals surface area contributed by atoms with Crippen LogP contribution in [0.4, 0.5) is 0 Å². The maximum Gasteiger partial charge on any atom is 0.255 e. The van der Waals surface area contributed by atoms with Crippen LogP contribution in [-0.4, -0.2) is 45.8 Å². The molecule has 4 N–H and O–H groups in total. The fraction of sp³-hybridized carbons (Fsp3) is 0.364. The van der Waals surface area contributed by atoms with Crippen LogP contribution in [0.15, 0.2) is 47.5 Å². The number of aliphatic imine (C=N–C) groups is 1. The van der Waals surface area contributed by atoms with Crippen molar-refractivity contribution in [3.05, 3.63) is 59.2 Å². The van der Waals surface area contributed by atoms with Gasteiger partial charge in [-0.2, -0.15) is 0 Å². The molecule has 0 unspecified atom stereocenters. The number of primary amides is 1. The highest BCUT2D eigenvalue weighted by molar-refractivity contribution is 5.79. The SMILES string of the molecule is CN=C(NCc1cccc(OCC(N)=O)c1)NCc1ccc(C)cc1OCCOC. The molecule has 1 amide bonds. The molecular formula is C22H30N4O4. The largest absolute Gasteiger partial charge is 0.491 e. The van der Waals surface area contributed by atoms with Gasteiger partial charge in [-0.3, -0.25) is 9.79 Å². The second kappa shape index (κ2) is 12.3. The van der Waals surface area contributed by atoms with Crippen molar-refractivity contribution < 1.29 is 19.0 Å². The average Bonchev–Trinajstić information content (AvgIpc) is 2.74. The van der Waals surface area contributed by atoms with Crippen LogP contribution >= 0.6 is 0 Å². The zero-order chi connectivity index (χ0) is 21.8. The highest BCUT2D eigenvalue weighted by Gasteiger charge is 2.07. The molecule has 0 bridgehead atoms. The summed E-state index contributed by atoms with van der Waals surface area (Å²) in [6.45, 7) is 4.01. The van der Waals surface area contributed by atoms with E-state index in [1.807, 2.05) is 43.3 Å². The van der Waals surface area contributed by atoms with E-state index >= 15 is 0 Å². The number of carbonyl (C=O) groups is 1. The van der Waals surface area contributed by atoms with Crippen LogP contribution in [0.2, 0.25) is 0 Å². The van der Waals surface area contributed by atoms with Crippen molar-refractivity contribution in [1.82, 2.24) is 10.6 Å². The molecule has 8 heteroatoms. The number of hydrogen-bond acceptors (Lipinski definition) is 5. The second-order valence-corrected chi connectivity index (χ2v) is 6.63. The van der Waals surface area contributed by atoms with Gasteiger partial charge in [0.1, 0.15) is 18.1 Å². The topological polar surface area (TPSA) is 107 Å². The van der Waals surface area contributed by atoms with E-state index in [0.717, 1.165) is 22.4 Å². The molecule has 0 heterocycles. The zero-order valence-corrected chi connectivity index (χ0v) is 17.7. The lowest BCUT2D eigenvalue weighted by molar-refractivity contribution is -0.119. The van der Waals surface area contributed by atoms with Crippen molar-refractivity contribution in [3.8, 4) is 11.5 Å². The fourth-order valence-corrected chi connectivity index (χ4v) is 2.66. The third kappa shape index (κ3) is 8.00. The van der Waals surface area contributed by atoms with Gasteiger partial charge < -0.3 is 30.6 Å². The number of nitrogens with two attached hydrogens (primary N) is 1. The maximum atomic E-state index is 10.9. The van der Waals surface area contributed by atoms with Gasteiger partial charge in [-0.05, 0) is 36.2 Å². The van der Waals surface area contributed by atoms with Crippen LogP contribution in [0.1, 0.15) is 16.7 Å². The van der Waals surface area contributed by atoms with Crippen molar-refractivity contribution in [2.24, 2.45) is 10.7 Å². The Morgan fingerprint density at radius 3 is 2.60 bits per heavy atom. The smallest absolute Gasteiger partial charge is 0.255 e. The number of guanidine groups is 1. The van der Waals surface area contributed by atoms with E-state index in [2.05, 4.69) is 15.6 Å². The first-order valence-electron chi connectivity index (χ1n) is 9.67. The van der Waals surface area contributed by atoms with Crippen molar-refractivity contribution in [1.29, 1.82) is 0 Å². The molecule has 0 aliphatic carbocycles. The van der Waals surface area contributed by atoms with E-state index in [9.17, 15) is 4.79 Å². The summed E-state index contributed by atoms with van der Waals surface area (Å²) < 4.78 is 16.2. The van der Waals surface area contributed by atoms with Gasteiger partial charge in [0.25, 0.3) is 5.91 Å². The number of rotatable bonds is 11. The number of benzene rings is 2. The Bertz CT molecular complexity index is 855. The minimum absolute atomic E-state index is 0.147. The summed E-state index contributed by atoms with van der Waals surface area (Å²) in [5, 5.41) is 6.56. The molecule has 0 aliphatic rings. The molecule has 0 fully saturated rings. The van der Waals surface area contributed by atoms with Gasteiger partial charge in [0.15, 0.2) is 12.6 Å². The Hall–Kier alpha value is -3.26. The van der Waals surface area contributed by atoms with Gasteiger partial charge in [-0.1, -0.05) is 24.3 Å². The molecular weight excluding hydrogens is 384 g/mol. The van der Waals surface area contributed by atoms with Crippen molar-refractivity contribution >= 4 is 11.9 Å². The first-order chi connectivity index (χ1) is 14.5. The summed E-state index contributed by atoms with van der Waals surface area (Å²) in [4.78, 5) is 15.1. The molecule has 0 aliphatic heterocycles. The van der Waals surface area contributed by atoms with E-state index in [1.54, 1.807) is 20.2 Å². The Morgan fingerprint density at radius 2 is 1.87 bits per heavy atom. The Labute approximate surface area is 177 Å². The predicted molar refractivity (Wildman–Crippen MR) is 117 cm³/mol. The molecule has 162 valence electrons. The maximum absolute atomic E-state index is 10.9. The van der Waals surface area contributed by atoms with E-state index in [4.69, 9.17) is 19.9 Å². The molecule has 0 spiro atoms. The van der Waals surface area contributed by atoms with Crippen LogP contribution in [0.25, 0.3) is 0 Å². The monoisotopic (exact) mass is 414 g/mol. The number of methoxy groups -OCH3 is 1. The first kappa shape index (κ1) is 23.0. The van der Waals surface area contributed by atoms with Crippen molar-refractivity contribution in [3.63, 3.8) is 0 Å². The standard InChI is InChI=1S/C22H30N4O4/c1-16-7-8-18(20(11-16)29-10-9-28-3)14-26-22(24-2)25-13-17-5-4-6-19(12-17)30-15-21(23)27/h4-8,11-12H,9-10,13-15H2,1-3H3,(H2,23,27)(H2,24,25,26). The lowest BCUT2D eigenvalue weighted by Gasteiger charge is -2.16. The Kier molecular flexibility index (Phi) is 9.47. The summed E-state index contributed by atoms with van der Waals surface area (Å²) in [6, 6.07) is 13.6. The summed E-state index contributed by atoms with van der Waals surface area (Å²) in [7, 11) is 3.37. The highest BCUT2D eigenvalue weighted by Crippen LogP contribution is 2.20. The Morgan fingerprint density at radius 1 is 1.07 bits per heavy atom. The van der Waals surface area contributed by atoms with E-state index in [0.29, 0.717) is 38.0 Å². The zero-order valence-electron chi connectivity index (χ0n) is 17.7. The number of nitrogens with zero attached hydrogens (tertiary/aromatic N) is 1. The molecule has 2 aromatic rings. The quantitative estimate of drug-likeness (QED) is 0.294. The Balaban J connectivity index is 1.91. The van der Waals surface area contributed by atoms with Gasteiger partial charge in [0.05, 0.1) is 6.61 Å². The molecule has 8 nitrogen and oxygen atoms in total. The van der Waals surface area contributed by atoms with Gasteiger partial charge in [0, 0.05) is 32.8 Å². The summed E-state index contributed by atoms with van der Waals surface area (Å²) in [5.74, 6) is 1.56. The second-order valence-electron chi connectivity index (χ2n) is 6.63. The number of aryl methyl sites for hydroxylation is 1.